The molecule has 2 unspecified atom stereocenters. The van der Waals surface area contributed by atoms with E-state index in [0.29, 0.717) is 0 Å². The van der Waals surface area contributed by atoms with Gasteiger partial charge in [0.25, 0.3) is 0 Å². The predicted molar refractivity (Wildman–Crippen MR) is 52.3 cm³/mol. The number of aryl methyl sites for hydroxylation is 1. The molecule has 0 spiro atoms. The van der Waals surface area contributed by atoms with Crippen LogP contribution in [0.5, 0.6) is 0 Å². The molecule has 0 aliphatic heterocycles. The average Bonchev–Trinajstić information content (AvgIpc) is 2.53. The minimum absolute atomic E-state index is 0.745. The number of hydrogen-bond donors (Lipinski definition) is 0. The second-order valence-electron chi connectivity index (χ2n) is 4.36. The Morgan fingerprint density at radius 3 is 2.69 bits per heavy atom. The maximum absolute atomic E-state index is 2.38. The van der Waals surface area contributed by atoms with E-state index in [1.807, 2.05) is 0 Å². The molecule has 2 heteroatoms. The quantitative estimate of drug-likeness (QED) is 0.584. The van der Waals surface area contributed by atoms with Gasteiger partial charge in [-0.15, -0.1) is 0 Å². The Hall–Kier alpha value is -0.790. The summed E-state index contributed by atoms with van der Waals surface area (Å²) in [6.45, 7) is 2.38. The smallest absolute Gasteiger partial charge is 0.240 e. The second-order valence-corrected chi connectivity index (χ2v) is 4.36. The van der Waals surface area contributed by atoms with E-state index in [4.69, 9.17) is 0 Å². The van der Waals surface area contributed by atoms with Gasteiger partial charge in [-0.25, -0.2) is 9.13 Å². The molecule has 0 N–H and O–H groups in total. The molecule has 1 aromatic heterocycles. The van der Waals surface area contributed by atoms with Crippen molar-refractivity contribution in [1.82, 2.24) is 4.57 Å². The standard InChI is InChI=1S/C11H19N2/c1-10-5-3-4-6-11(10)13-8-7-12(2)9-13/h7-11H,3-6H2,1-2H3/q+1. The van der Waals surface area contributed by atoms with Gasteiger partial charge in [-0.1, -0.05) is 13.3 Å². The third-order valence-corrected chi connectivity index (χ3v) is 3.24. The number of nitrogens with zero attached hydrogens (tertiary/aromatic N) is 2. The molecule has 72 valence electrons. The lowest BCUT2D eigenvalue weighted by Gasteiger charge is -2.25. The van der Waals surface area contributed by atoms with Gasteiger partial charge < -0.3 is 0 Å². The van der Waals surface area contributed by atoms with Crippen molar-refractivity contribution in [1.29, 1.82) is 0 Å². The average molecular weight is 179 g/mol. The van der Waals surface area contributed by atoms with Crippen LogP contribution in [-0.4, -0.2) is 4.57 Å². The minimum Gasteiger partial charge on any atom is -0.240 e. The fourth-order valence-electron chi connectivity index (χ4n) is 2.41. The lowest BCUT2D eigenvalue weighted by atomic mass is 9.86. The summed E-state index contributed by atoms with van der Waals surface area (Å²) in [7, 11) is 2.09. The molecule has 0 amide bonds. The number of aromatic nitrogens is 2. The minimum atomic E-state index is 0.745. The molecule has 0 bridgehead atoms. The van der Waals surface area contributed by atoms with Crippen LogP contribution in [0.25, 0.3) is 0 Å². The normalized spacial score (nSPS) is 29.1. The Bertz CT molecular complexity index is 277. The van der Waals surface area contributed by atoms with Gasteiger partial charge in [0, 0.05) is 0 Å². The van der Waals surface area contributed by atoms with Crippen LogP contribution in [0.1, 0.15) is 38.6 Å². The summed E-state index contributed by atoms with van der Waals surface area (Å²) in [6, 6.07) is 0.745. The maximum atomic E-state index is 2.38. The molecular formula is C11H19N2+. The summed E-state index contributed by atoms with van der Waals surface area (Å²) in [5, 5.41) is 0. The number of hydrogen-bond acceptors (Lipinski definition) is 0. The lowest BCUT2D eigenvalue weighted by molar-refractivity contribution is -0.671. The van der Waals surface area contributed by atoms with Crippen LogP contribution in [0.2, 0.25) is 0 Å². The van der Waals surface area contributed by atoms with Gasteiger partial charge in [0.1, 0.15) is 18.4 Å². The maximum Gasteiger partial charge on any atom is 0.243 e. The van der Waals surface area contributed by atoms with E-state index in [1.54, 1.807) is 0 Å². The van der Waals surface area contributed by atoms with Crippen molar-refractivity contribution in [2.45, 2.75) is 38.6 Å². The van der Waals surface area contributed by atoms with E-state index in [1.165, 1.54) is 25.7 Å². The molecule has 0 saturated heterocycles. The zero-order valence-electron chi connectivity index (χ0n) is 8.61. The largest absolute Gasteiger partial charge is 0.243 e. The van der Waals surface area contributed by atoms with E-state index >= 15 is 0 Å². The fourth-order valence-corrected chi connectivity index (χ4v) is 2.41. The van der Waals surface area contributed by atoms with Crippen molar-refractivity contribution < 1.29 is 4.57 Å². The van der Waals surface area contributed by atoms with Gasteiger partial charge in [0.15, 0.2) is 0 Å². The molecule has 2 atom stereocenters. The topological polar surface area (TPSA) is 8.81 Å². The van der Waals surface area contributed by atoms with Gasteiger partial charge in [0.05, 0.1) is 7.05 Å². The van der Waals surface area contributed by atoms with E-state index < -0.39 is 0 Å². The molecule has 1 heterocycles. The molecule has 1 aliphatic carbocycles. The zero-order valence-corrected chi connectivity index (χ0v) is 8.61. The van der Waals surface area contributed by atoms with E-state index in [-0.39, 0.29) is 0 Å². The Balaban J connectivity index is 2.14. The molecule has 1 fully saturated rings. The summed E-state index contributed by atoms with van der Waals surface area (Å²) in [6.07, 6.45) is 12.1. The highest BCUT2D eigenvalue weighted by Gasteiger charge is 2.26. The summed E-state index contributed by atoms with van der Waals surface area (Å²) in [4.78, 5) is 0. The van der Waals surface area contributed by atoms with Crippen LogP contribution >= 0.6 is 0 Å². The zero-order chi connectivity index (χ0) is 9.26. The SMILES string of the molecule is CC1CCCCC1n1cc[n+](C)c1. The first-order valence-electron chi connectivity index (χ1n) is 5.30. The Morgan fingerprint density at radius 1 is 1.31 bits per heavy atom. The summed E-state index contributed by atoms with van der Waals surface area (Å²) < 4.78 is 4.51. The first-order valence-corrected chi connectivity index (χ1v) is 5.30. The van der Waals surface area contributed by atoms with Crippen LogP contribution in [-0.2, 0) is 7.05 Å². The number of imidazole rings is 1. The molecule has 2 rings (SSSR count). The Labute approximate surface area is 80.2 Å². The molecule has 13 heavy (non-hydrogen) atoms. The molecule has 0 radical (unpaired) electrons. The summed E-state index contributed by atoms with van der Waals surface area (Å²) in [5.74, 6) is 0.848. The van der Waals surface area contributed by atoms with E-state index in [9.17, 15) is 0 Å². The van der Waals surface area contributed by atoms with E-state index in [2.05, 4.69) is 41.8 Å². The van der Waals surface area contributed by atoms with Gasteiger partial charge in [-0.05, 0) is 25.2 Å². The predicted octanol–water partition coefficient (Wildman–Crippen LogP) is 2.06. The molecule has 1 aromatic rings. The van der Waals surface area contributed by atoms with E-state index in [0.717, 1.165) is 12.0 Å². The highest BCUT2D eigenvalue weighted by Crippen LogP contribution is 2.32. The van der Waals surface area contributed by atoms with Crippen molar-refractivity contribution in [2.75, 3.05) is 0 Å². The van der Waals surface area contributed by atoms with Crippen molar-refractivity contribution in [3.8, 4) is 0 Å². The van der Waals surface area contributed by atoms with Crippen LogP contribution in [0.3, 0.4) is 0 Å². The van der Waals surface area contributed by atoms with Crippen molar-refractivity contribution >= 4 is 0 Å². The molecule has 1 aliphatic rings. The van der Waals surface area contributed by atoms with Gasteiger partial charge in [-0.2, -0.15) is 0 Å². The fraction of sp³-hybridized carbons (Fsp3) is 0.727. The third-order valence-electron chi connectivity index (χ3n) is 3.24. The van der Waals surface area contributed by atoms with Crippen LogP contribution in [0, 0.1) is 5.92 Å². The molecular weight excluding hydrogens is 160 g/mol. The highest BCUT2D eigenvalue weighted by atomic mass is 15.1. The van der Waals surface area contributed by atoms with Crippen molar-refractivity contribution in [3.63, 3.8) is 0 Å². The second kappa shape index (κ2) is 3.52. The molecule has 0 aromatic carbocycles. The lowest BCUT2D eigenvalue weighted by Crippen LogP contribution is -2.26. The summed E-state index contributed by atoms with van der Waals surface area (Å²) >= 11 is 0. The van der Waals surface area contributed by atoms with Crippen LogP contribution in [0.4, 0.5) is 0 Å². The van der Waals surface area contributed by atoms with Gasteiger partial charge in [-0.3, -0.25) is 0 Å². The Kier molecular flexibility index (Phi) is 2.38. The van der Waals surface area contributed by atoms with Crippen molar-refractivity contribution in [3.05, 3.63) is 18.7 Å². The van der Waals surface area contributed by atoms with Crippen LogP contribution in [0.15, 0.2) is 18.7 Å². The highest BCUT2D eigenvalue weighted by molar-refractivity contribution is 4.81. The Morgan fingerprint density at radius 2 is 2.08 bits per heavy atom. The van der Waals surface area contributed by atoms with Crippen molar-refractivity contribution in [2.24, 2.45) is 13.0 Å². The monoisotopic (exact) mass is 179 g/mol. The first-order chi connectivity index (χ1) is 6.27. The number of rotatable bonds is 1. The van der Waals surface area contributed by atoms with Gasteiger partial charge in [0.2, 0.25) is 6.33 Å². The third kappa shape index (κ3) is 1.77. The molecule has 2 nitrogen and oxygen atoms in total. The molecule has 1 saturated carbocycles. The van der Waals surface area contributed by atoms with Gasteiger partial charge >= 0.3 is 0 Å². The first kappa shape index (κ1) is 8.79. The summed E-state index contributed by atoms with van der Waals surface area (Å²) in [5.41, 5.74) is 0. The van der Waals surface area contributed by atoms with Crippen LogP contribution < -0.4 is 4.57 Å².